The van der Waals surface area contributed by atoms with E-state index in [0.717, 1.165) is 12.1 Å². The van der Waals surface area contributed by atoms with Gasteiger partial charge in [0.15, 0.2) is 0 Å². The van der Waals surface area contributed by atoms with Crippen molar-refractivity contribution in [1.82, 2.24) is 0 Å². The van der Waals surface area contributed by atoms with E-state index < -0.39 is 19.2 Å². The van der Waals surface area contributed by atoms with Gasteiger partial charge in [0, 0.05) is 5.02 Å². The molecule has 0 bridgehead atoms. The van der Waals surface area contributed by atoms with Crippen molar-refractivity contribution in [3.63, 3.8) is 0 Å². The Kier molecular flexibility index (Phi) is 2.88. The number of halogens is 4. The minimum absolute atomic E-state index is 0.0288. The van der Waals surface area contributed by atoms with Gasteiger partial charge >= 0.3 is 13.7 Å². The highest BCUT2D eigenvalue weighted by Gasteiger charge is 2.30. The predicted octanol–water partition coefficient (Wildman–Crippen LogP) is 1.33. The Bertz CT molecular complexity index is 313. The zero-order valence-corrected chi connectivity index (χ0v) is 7.15. The van der Waals surface area contributed by atoms with Crippen LogP contribution in [0.25, 0.3) is 0 Å². The summed E-state index contributed by atoms with van der Waals surface area (Å²) in [7, 11) is -0.455. The zero-order valence-electron chi connectivity index (χ0n) is 6.40. The molecule has 6 heteroatoms. The lowest BCUT2D eigenvalue weighted by atomic mass is 9.87. The number of rotatable bonds is 1. The molecule has 1 aromatic carbocycles. The standard InChI is InChI=1S/C7H5BClF3O/c9-6-2-4(7(10,11)12)1-5(3-6)8-13/h1-3,8,13H. The van der Waals surface area contributed by atoms with Crippen LogP contribution in [-0.4, -0.2) is 12.5 Å². The van der Waals surface area contributed by atoms with E-state index in [0.29, 0.717) is 0 Å². The molecule has 0 aliphatic rings. The maximum absolute atomic E-state index is 12.1. The highest BCUT2D eigenvalue weighted by atomic mass is 35.5. The van der Waals surface area contributed by atoms with Gasteiger partial charge in [-0.15, -0.1) is 0 Å². The van der Waals surface area contributed by atoms with Crippen LogP contribution in [0.15, 0.2) is 18.2 Å². The summed E-state index contributed by atoms with van der Waals surface area (Å²) in [6.07, 6.45) is -4.42. The second kappa shape index (κ2) is 3.60. The van der Waals surface area contributed by atoms with Crippen LogP contribution in [0.2, 0.25) is 5.02 Å². The second-order valence-electron chi connectivity index (χ2n) is 2.50. The van der Waals surface area contributed by atoms with Crippen molar-refractivity contribution < 1.29 is 18.2 Å². The lowest BCUT2D eigenvalue weighted by Crippen LogP contribution is -2.17. The molecule has 1 aromatic rings. The minimum Gasteiger partial charge on any atom is -0.449 e. The normalized spacial score (nSPS) is 11.5. The molecular formula is C7H5BClF3O. The first-order valence-electron chi connectivity index (χ1n) is 3.41. The summed E-state index contributed by atoms with van der Waals surface area (Å²) in [4.78, 5) is 0. The molecule has 0 spiro atoms. The summed E-state index contributed by atoms with van der Waals surface area (Å²) in [6.45, 7) is 0. The average molecular weight is 208 g/mol. The summed E-state index contributed by atoms with van der Waals surface area (Å²) in [5.74, 6) is 0. The summed E-state index contributed by atoms with van der Waals surface area (Å²) in [6, 6.07) is 2.98. The Morgan fingerprint density at radius 1 is 1.23 bits per heavy atom. The fourth-order valence-corrected chi connectivity index (χ4v) is 1.16. The van der Waals surface area contributed by atoms with Crippen LogP contribution in [-0.2, 0) is 6.18 Å². The Morgan fingerprint density at radius 3 is 2.31 bits per heavy atom. The van der Waals surface area contributed by atoms with Gasteiger partial charge < -0.3 is 5.02 Å². The molecule has 0 amide bonds. The molecule has 70 valence electrons. The van der Waals surface area contributed by atoms with Crippen molar-refractivity contribution >= 4 is 24.5 Å². The van der Waals surface area contributed by atoms with Crippen molar-refractivity contribution in [2.75, 3.05) is 0 Å². The topological polar surface area (TPSA) is 20.2 Å². The Balaban J connectivity index is 3.16. The summed E-state index contributed by atoms with van der Waals surface area (Å²) in [5, 5.41) is 8.60. The smallest absolute Gasteiger partial charge is 0.416 e. The molecule has 0 aliphatic carbocycles. The van der Waals surface area contributed by atoms with Gasteiger partial charge in [-0.3, -0.25) is 0 Å². The molecule has 0 radical (unpaired) electrons. The van der Waals surface area contributed by atoms with E-state index in [1.54, 1.807) is 0 Å². The van der Waals surface area contributed by atoms with Crippen molar-refractivity contribution in [2.45, 2.75) is 6.18 Å². The van der Waals surface area contributed by atoms with E-state index >= 15 is 0 Å². The first-order chi connectivity index (χ1) is 5.93. The number of hydrogen-bond donors (Lipinski definition) is 1. The van der Waals surface area contributed by atoms with Crippen LogP contribution in [0, 0.1) is 0 Å². The van der Waals surface area contributed by atoms with Crippen molar-refractivity contribution in [1.29, 1.82) is 0 Å². The number of alkyl halides is 3. The van der Waals surface area contributed by atoms with E-state index in [4.69, 9.17) is 16.6 Å². The van der Waals surface area contributed by atoms with E-state index in [9.17, 15) is 13.2 Å². The van der Waals surface area contributed by atoms with E-state index in [1.807, 2.05) is 0 Å². The fraction of sp³-hybridized carbons (Fsp3) is 0.143. The molecule has 0 saturated heterocycles. The van der Waals surface area contributed by atoms with E-state index in [1.165, 1.54) is 6.07 Å². The lowest BCUT2D eigenvalue weighted by molar-refractivity contribution is -0.137. The van der Waals surface area contributed by atoms with Gasteiger partial charge in [0.25, 0.3) is 0 Å². The second-order valence-corrected chi connectivity index (χ2v) is 2.94. The monoisotopic (exact) mass is 208 g/mol. The predicted molar refractivity (Wildman–Crippen MR) is 45.5 cm³/mol. The summed E-state index contributed by atoms with van der Waals surface area (Å²) >= 11 is 5.42. The van der Waals surface area contributed by atoms with Crippen LogP contribution in [0.3, 0.4) is 0 Å². The summed E-state index contributed by atoms with van der Waals surface area (Å²) in [5.41, 5.74) is -0.691. The largest absolute Gasteiger partial charge is 0.449 e. The first-order valence-corrected chi connectivity index (χ1v) is 3.79. The Hall–Kier alpha value is -0.675. The first kappa shape index (κ1) is 10.4. The molecule has 0 aromatic heterocycles. The number of benzene rings is 1. The maximum Gasteiger partial charge on any atom is 0.416 e. The summed E-state index contributed by atoms with van der Waals surface area (Å²) < 4.78 is 36.4. The molecule has 0 fully saturated rings. The molecular weight excluding hydrogens is 203 g/mol. The quantitative estimate of drug-likeness (QED) is 0.690. The molecule has 0 saturated carbocycles. The molecule has 0 heterocycles. The van der Waals surface area contributed by atoms with Crippen LogP contribution in [0.1, 0.15) is 5.56 Å². The van der Waals surface area contributed by atoms with Gasteiger partial charge in [-0.05, 0) is 12.1 Å². The van der Waals surface area contributed by atoms with E-state index in [-0.39, 0.29) is 10.5 Å². The van der Waals surface area contributed by atoms with Crippen molar-refractivity contribution in [2.24, 2.45) is 0 Å². The number of hydrogen-bond acceptors (Lipinski definition) is 1. The van der Waals surface area contributed by atoms with Crippen LogP contribution in [0.5, 0.6) is 0 Å². The van der Waals surface area contributed by atoms with Gasteiger partial charge in [-0.25, -0.2) is 0 Å². The highest BCUT2D eigenvalue weighted by molar-refractivity contribution is 6.46. The lowest BCUT2D eigenvalue weighted by Gasteiger charge is -2.08. The molecule has 0 aliphatic heterocycles. The maximum atomic E-state index is 12.1. The van der Waals surface area contributed by atoms with Gasteiger partial charge in [0.2, 0.25) is 0 Å². The fourth-order valence-electron chi connectivity index (χ4n) is 0.905. The van der Waals surface area contributed by atoms with E-state index in [2.05, 4.69) is 0 Å². The van der Waals surface area contributed by atoms with Crippen molar-refractivity contribution in [3.8, 4) is 0 Å². The SMILES string of the molecule is OBc1cc(Cl)cc(C(F)(F)F)c1. The van der Waals surface area contributed by atoms with Crippen LogP contribution < -0.4 is 5.46 Å². The Labute approximate surface area is 78.4 Å². The molecule has 1 nitrogen and oxygen atoms in total. The van der Waals surface area contributed by atoms with Crippen LogP contribution in [0.4, 0.5) is 13.2 Å². The third kappa shape index (κ3) is 2.64. The molecule has 0 unspecified atom stereocenters. The molecule has 13 heavy (non-hydrogen) atoms. The molecule has 1 N–H and O–H groups in total. The zero-order chi connectivity index (χ0) is 10.1. The highest BCUT2D eigenvalue weighted by Crippen LogP contribution is 2.29. The Morgan fingerprint density at radius 2 is 1.85 bits per heavy atom. The molecule has 1 rings (SSSR count). The molecule has 0 atom stereocenters. The average Bonchev–Trinajstić information content (AvgIpc) is 2.01. The van der Waals surface area contributed by atoms with Crippen molar-refractivity contribution in [3.05, 3.63) is 28.8 Å². The van der Waals surface area contributed by atoms with Gasteiger partial charge in [-0.1, -0.05) is 23.1 Å². The van der Waals surface area contributed by atoms with Gasteiger partial charge in [-0.2, -0.15) is 13.2 Å². The third-order valence-corrected chi connectivity index (χ3v) is 1.69. The minimum atomic E-state index is -4.42. The van der Waals surface area contributed by atoms with Gasteiger partial charge in [0.05, 0.1) is 5.56 Å². The third-order valence-electron chi connectivity index (χ3n) is 1.47. The van der Waals surface area contributed by atoms with Crippen LogP contribution >= 0.6 is 11.6 Å². The van der Waals surface area contributed by atoms with Gasteiger partial charge in [0.1, 0.15) is 0 Å².